The van der Waals surface area contributed by atoms with Crippen molar-refractivity contribution >= 4 is 11.6 Å². The minimum absolute atomic E-state index is 0.0217. The minimum Gasteiger partial charge on any atom is -0.497 e. The largest absolute Gasteiger partial charge is 0.497 e. The number of benzene rings is 2. The predicted octanol–water partition coefficient (Wildman–Crippen LogP) is 3.22. The Bertz CT molecular complexity index is 921. The van der Waals surface area contributed by atoms with E-state index >= 15 is 0 Å². The molecular formula is C20H20N4O2. The van der Waals surface area contributed by atoms with E-state index in [4.69, 9.17) is 4.74 Å². The van der Waals surface area contributed by atoms with Crippen LogP contribution in [0, 0.1) is 5.92 Å². The number of carbonyl (C=O) groups excluding carboxylic acids is 1. The van der Waals surface area contributed by atoms with Crippen LogP contribution in [0.25, 0.3) is 11.3 Å². The van der Waals surface area contributed by atoms with Gasteiger partial charge in [0, 0.05) is 17.2 Å². The highest BCUT2D eigenvalue weighted by atomic mass is 16.5. The highest BCUT2D eigenvalue weighted by Gasteiger charge is 2.25. The van der Waals surface area contributed by atoms with Crippen molar-refractivity contribution in [2.75, 3.05) is 12.4 Å². The summed E-state index contributed by atoms with van der Waals surface area (Å²) in [6.45, 7) is 0. The summed E-state index contributed by atoms with van der Waals surface area (Å²) in [6.07, 6.45) is 4.15. The lowest BCUT2D eigenvalue weighted by atomic mass is 9.83. The Morgan fingerprint density at radius 3 is 2.96 bits per heavy atom. The number of amides is 1. The smallest absolute Gasteiger partial charge is 0.227 e. The Labute approximate surface area is 151 Å². The van der Waals surface area contributed by atoms with Gasteiger partial charge in [0.25, 0.3) is 0 Å². The second kappa shape index (κ2) is 7.00. The summed E-state index contributed by atoms with van der Waals surface area (Å²) in [5.41, 5.74) is 4.95. The van der Waals surface area contributed by atoms with Crippen LogP contribution in [0.4, 0.5) is 5.69 Å². The molecule has 0 fully saturated rings. The lowest BCUT2D eigenvalue weighted by Crippen LogP contribution is -2.28. The molecule has 3 aromatic rings. The molecule has 0 radical (unpaired) electrons. The zero-order chi connectivity index (χ0) is 17.9. The number of anilines is 1. The van der Waals surface area contributed by atoms with Crippen LogP contribution in [0.1, 0.15) is 17.5 Å². The number of nitrogens with one attached hydrogen (secondary N) is 2. The molecule has 0 spiro atoms. The lowest BCUT2D eigenvalue weighted by molar-refractivity contribution is -0.120. The second-order valence-corrected chi connectivity index (χ2v) is 6.50. The quantitative estimate of drug-likeness (QED) is 0.759. The molecule has 0 bridgehead atoms. The van der Waals surface area contributed by atoms with Crippen LogP contribution in [0.3, 0.4) is 0 Å². The van der Waals surface area contributed by atoms with Crippen molar-refractivity contribution in [1.29, 1.82) is 0 Å². The third kappa shape index (κ3) is 3.31. The zero-order valence-corrected chi connectivity index (χ0v) is 14.5. The third-order valence-electron chi connectivity index (χ3n) is 4.85. The van der Waals surface area contributed by atoms with Gasteiger partial charge in [-0.25, -0.2) is 0 Å². The summed E-state index contributed by atoms with van der Waals surface area (Å²) >= 11 is 0. The summed E-state index contributed by atoms with van der Waals surface area (Å²) < 4.78 is 5.28. The fourth-order valence-corrected chi connectivity index (χ4v) is 3.42. The maximum atomic E-state index is 12.7. The molecule has 132 valence electrons. The monoisotopic (exact) mass is 348 g/mol. The second-order valence-electron chi connectivity index (χ2n) is 6.50. The fourth-order valence-electron chi connectivity index (χ4n) is 3.42. The number of methoxy groups -OCH3 is 1. The Kier molecular flexibility index (Phi) is 4.39. The molecule has 0 aliphatic heterocycles. The van der Waals surface area contributed by atoms with Gasteiger partial charge >= 0.3 is 0 Å². The van der Waals surface area contributed by atoms with Gasteiger partial charge in [-0.15, -0.1) is 0 Å². The molecule has 1 aliphatic carbocycles. The van der Waals surface area contributed by atoms with Crippen LogP contribution in [-0.4, -0.2) is 28.4 Å². The average Bonchev–Trinajstić information content (AvgIpc) is 3.22. The molecule has 26 heavy (non-hydrogen) atoms. The molecular weight excluding hydrogens is 328 g/mol. The molecule has 1 atom stereocenters. The van der Waals surface area contributed by atoms with Gasteiger partial charge in [-0.2, -0.15) is 15.4 Å². The number of ether oxygens (including phenoxy) is 1. The summed E-state index contributed by atoms with van der Waals surface area (Å²) in [6, 6.07) is 13.8. The molecule has 2 aromatic carbocycles. The number of aryl methyl sites for hydroxylation is 1. The number of hydrogen-bond acceptors (Lipinski definition) is 4. The molecule has 0 saturated heterocycles. The van der Waals surface area contributed by atoms with Gasteiger partial charge in [0.05, 0.1) is 13.3 Å². The Morgan fingerprint density at radius 1 is 1.23 bits per heavy atom. The number of nitrogens with zero attached hydrogens (tertiary/aromatic N) is 2. The van der Waals surface area contributed by atoms with E-state index in [1.165, 1.54) is 11.1 Å². The standard InChI is InChI=1S/C20H20N4O2/c1-26-18-8-7-13-9-16(6-5-14(13)11-18)20(25)22-17-4-2-3-15(10-17)19-12-21-24-23-19/h2-4,7-8,10-12,16H,5-6,9H2,1H3,(H,22,25)(H,21,23,24). The predicted molar refractivity (Wildman–Crippen MR) is 99.0 cm³/mol. The van der Waals surface area contributed by atoms with Gasteiger partial charge < -0.3 is 10.1 Å². The topological polar surface area (TPSA) is 79.9 Å². The average molecular weight is 348 g/mol. The van der Waals surface area contributed by atoms with Gasteiger partial charge in [-0.1, -0.05) is 18.2 Å². The van der Waals surface area contributed by atoms with Gasteiger partial charge in [-0.05, 0) is 54.7 Å². The van der Waals surface area contributed by atoms with E-state index in [9.17, 15) is 4.79 Å². The first-order valence-corrected chi connectivity index (χ1v) is 8.66. The van der Waals surface area contributed by atoms with E-state index < -0.39 is 0 Å². The van der Waals surface area contributed by atoms with Crippen molar-refractivity contribution in [2.45, 2.75) is 19.3 Å². The molecule has 1 heterocycles. The van der Waals surface area contributed by atoms with Crippen molar-refractivity contribution in [2.24, 2.45) is 5.92 Å². The summed E-state index contributed by atoms with van der Waals surface area (Å²) in [4.78, 5) is 12.7. The van der Waals surface area contributed by atoms with E-state index in [1.54, 1.807) is 13.3 Å². The van der Waals surface area contributed by atoms with E-state index in [1.807, 2.05) is 30.3 Å². The lowest BCUT2D eigenvalue weighted by Gasteiger charge is -2.24. The fraction of sp³-hybridized carbons (Fsp3) is 0.250. The summed E-state index contributed by atoms with van der Waals surface area (Å²) in [5, 5.41) is 13.5. The van der Waals surface area contributed by atoms with Gasteiger partial charge in [0.15, 0.2) is 0 Å². The van der Waals surface area contributed by atoms with Crippen LogP contribution >= 0.6 is 0 Å². The molecule has 1 aromatic heterocycles. The first kappa shape index (κ1) is 16.3. The highest BCUT2D eigenvalue weighted by Crippen LogP contribution is 2.29. The number of rotatable bonds is 4. The molecule has 1 unspecified atom stereocenters. The summed E-state index contributed by atoms with van der Waals surface area (Å²) in [7, 11) is 1.67. The molecule has 4 rings (SSSR count). The van der Waals surface area contributed by atoms with Crippen LogP contribution < -0.4 is 10.1 Å². The van der Waals surface area contributed by atoms with E-state index in [0.29, 0.717) is 0 Å². The highest BCUT2D eigenvalue weighted by molar-refractivity contribution is 5.93. The van der Waals surface area contributed by atoms with Crippen molar-refractivity contribution in [1.82, 2.24) is 15.4 Å². The van der Waals surface area contributed by atoms with Crippen LogP contribution in [-0.2, 0) is 17.6 Å². The van der Waals surface area contributed by atoms with Gasteiger partial charge in [0.2, 0.25) is 5.91 Å². The molecule has 0 saturated carbocycles. The van der Waals surface area contributed by atoms with Crippen molar-refractivity contribution in [3.63, 3.8) is 0 Å². The first-order chi connectivity index (χ1) is 12.7. The Morgan fingerprint density at radius 2 is 2.15 bits per heavy atom. The van der Waals surface area contributed by atoms with Gasteiger partial charge in [-0.3, -0.25) is 4.79 Å². The maximum Gasteiger partial charge on any atom is 0.227 e. The SMILES string of the molecule is COc1ccc2c(c1)CCC(C(=O)Nc1cccc(-c3cn[nH]n3)c1)C2. The van der Waals surface area contributed by atoms with E-state index in [2.05, 4.69) is 32.9 Å². The molecule has 1 amide bonds. The maximum absolute atomic E-state index is 12.7. The molecule has 1 aliphatic rings. The van der Waals surface area contributed by atoms with Crippen molar-refractivity contribution < 1.29 is 9.53 Å². The van der Waals surface area contributed by atoms with Crippen LogP contribution in [0.5, 0.6) is 5.75 Å². The summed E-state index contributed by atoms with van der Waals surface area (Å²) in [5.74, 6) is 0.909. The molecule has 6 nitrogen and oxygen atoms in total. The number of fused-ring (bicyclic) bond motifs is 1. The first-order valence-electron chi connectivity index (χ1n) is 8.66. The zero-order valence-electron chi connectivity index (χ0n) is 14.5. The van der Waals surface area contributed by atoms with Crippen LogP contribution in [0.2, 0.25) is 0 Å². The third-order valence-corrected chi connectivity index (χ3v) is 4.85. The normalized spacial score (nSPS) is 16.0. The van der Waals surface area contributed by atoms with E-state index in [0.717, 1.165) is 42.0 Å². The number of hydrogen-bond donors (Lipinski definition) is 2. The Balaban J connectivity index is 1.46. The van der Waals surface area contributed by atoms with Crippen molar-refractivity contribution in [3.8, 4) is 17.0 Å². The Hall–Kier alpha value is -3.15. The number of aromatic nitrogens is 3. The molecule has 6 heteroatoms. The molecule has 2 N–H and O–H groups in total. The van der Waals surface area contributed by atoms with Crippen LogP contribution in [0.15, 0.2) is 48.7 Å². The number of H-pyrrole nitrogens is 1. The number of aromatic amines is 1. The van der Waals surface area contributed by atoms with E-state index in [-0.39, 0.29) is 11.8 Å². The van der Waals surface area contributed by atoms with Gasteiger partial charge in [0.1, 0.15) is 11.4 Å². The van der Waals surface area contributed by atoms with Crippen molar-refractivity contribution in [3.05, 3.63) is 59.8 Å². The minimum atomic E-state index is -0.0217. The number of carbonyl (C=O) groups is 1.